The van der Waals surface area contributed by atoms with Gasteiger partial charge in [-0.3, -0.25) is 9.11 Å². The van der Waals surface area contributed by atoms with Crippen molar-refractivity contribution in [1.82, 2.24) is 4.90 Å². The zero-order valence-corrected chi connectivity index (χ0v) is 15.3. The SMILES string of the molecule is O=S(CCN1CCOC(c2ccc(Br)cc2)C1)c1ccccc1. The average molecular weight is 394 g/mol. The summed E-state index contributed by atoms with van der Waals surface area (Å²) >= 11 is 3.46. The third-order valence-corrected chi connectivity index (χ3v) is 5.87. The molecule has 3 rings (SSSR count). The van der Waals surface area contributed by atoms with Crippen LogP contribution in [0.4, 0.5) is 0 Å². The lowest BCUT2D eigenvalue weighted by Crippen LogP contribution is -2.40. The van der Waals surface area contributed by atoms with Crippen LogP contribution in [-0.2, 0) is 15.5 Å². The molecule has 0 spiro atoms. The predicted octanol–water partition coefficient (Wildman–Crippen LogP) is 3.63. The molecule has 1 aliphatic heterocycles. The van der Waals surface area contributed by atoms with Crippen LogP contribution in [0.3, 0.4) is 0 Å². The molecule has 0 saturated carbocycles. The summed E-state index contributed by atoms with van der Waals surface area (Å²) in [4.78, 5) is 3.25. The van der Waals surface area contributed by atoms with Gasteiger partial charge in [0.25, 0.3) is 0 Å². The summed E-state index contributed by atoms with van der Waals surface area (Å²) in [6, 6.07) is 18.0. The van der Waals surface area contributed by atoms with Crippen molar-refractivity contribution in [1.29, 1.82) is 0 Å². The Hall–Kier alpha value is -1.01. The molecule has 2 aromatic rings. The number of rotatable bonds is 5. The first-order valence-corrected chi connectivity index (χ1v) is 9.86. The van der Waals surface area contributed by atoms with E-state index in [1.54, 1.807) is 0 Å². The summed E-state index contributed by atoms with van der Waals surface area (Å²) in [5.74, 6) is 0.664. The van der Waals surface area contributed by atoms with Gasteiger partial charge >= 0.3 is 0 Å². The lowest BCUT2D eigenvalue weighted by Gasteiger charge is -2.33. The summed E-state index contributed by atoms with van der Waals surface area (Å²) in [6.07, 6.45) is 0.0991. The third kappa shape index (κ3) is 4.73. The van der Waals surface area contributed by atoms with Crippen LogP contribution in [0.1, 0.15) is 11.7 Å². The average Bonchev–Trinajstić information content (AvgIpc) is 2.61. The van der Waals surface area contributed by atoms with E-state index >= 15 is 0 Å². The minimum absolute atomic E-state index is 0.0991. The first-order chi connectivity index (χ1) is 11.2. The van der Waals surface area contributed by atoms with Gasteiger partial charge in [-0.25, -0.2) is 0 Å². The number of morpholine rings is 1. The van der Waals surface area contributed by atoms with Gasteiger partial charge in [0.15, 0.2) is 0 Å². The highest BCUT2D eigenvalue weighted by Crippen LogP contribution is 2.23. The fourth-order valence-corrected chi connectivity index (χ4v) is 4.07. The van der Waals surface area contributed by atoms with Crippen molar-refractivity contribution in [2.45, 2.75) is 11.0 Å². The van der Waals surface area contributed by atoms with Gasteiger partial charge in [0.05, 0.1) is 23.5 Å². The maximum Gasteiger partial charge on any atom is 0.0952 e. The molecule has 3 nitrogen and oxygen atoms in total. The summed E-state index contributed by atoms with van der Waals surface area (Å²) in [6.45, 7) is 3.31. The molecule has 0 N–H and O–H groups in total. The van der Waals surface area contributed by atoms with E-state index in [0.29, 0.717) is 5.75 Å². The number of halogens is 1. The molecule has 1 heterocycles. The molecule has 2 unspecified atom stereocenters. The molecule has 122 valence electrons. The number of benzene rings is 2. The summed E-state index contributed by atoms with van der Waals surface area (Å²) in [5, 5.41) is 0. The van der Waals surface area contributed by atoms with Crippen LogP contribution < -0.4 is 0 Å². The Kier molecular flexibility index (Phi) is 6.00. The molecule has 1 saturated heterocycles. The first kappa shape index (κ1) is 16.8. The van der Waals surface area contributed by atoms with Crippen LogP contribution >= 0.6 is 15.9 Å². The lowest BCUT2D eigenvalue weighted by molar-refractivity contribution is -0.0278. The minimum atomic E-state index is -0.933. The van der Waals surface area contributed by atoms with E-state index in [-0.39, 0.29) is 6.10 Å². The van der Waals surface area contributed by atoms with E-state index < -0.39 is 10.8 Å². The first-order valence-electron chi connectivity index (χ1n) is 7.75. The fraction of sp³-hybridized carbons (Fsp3) is 0.333. The highest BCUT2D eigenvalue weighted by Gasteiger charge is 2.22. The summed E-state index contributed by atoms with van der Waals surface area (Å²) in [7, 11) is -0.933. The van der Waals surface area contributed by atoms with Gasteiger partial charge in [0, 0.05) is 34.8 Å². The zero-order chi connectivity index (χ0) is 16.1. The number of nitrogens with zero attached hydrogens (tertiary/aromatic N) is 1. The van der Waals surface area contributed by atoms with Gasteiger partial charge in [0.1, 0.15) is 0 Å². The fourth-order valence-electron chi connectivity index (χ4n) is 2.69. The van der Waals surface area contributed by atoms with Crippen LogP contribution in [-0.4, -0.2) is 41.1 Å². The Morgan fingerprint density at radius 2 is 1.87 bits per heavy atom. The third-order valence-electron chi connectivity index (χ3n) is 3.99. The zero-order valence-electron chi connectivity index (χ0n) is 12.9. The monoisotopic (exact) mass is 393 g/mol. The standard InChI is InChI=1S/C18H20BrNO2S/c19-16-8-6-15(7-9-16)18-14-20(10-12-22-18)11-13-23(21)17-4-2-1-3-5-17/h1-9,18H,10-14H2. The molecule has 0 bridgehead atoms. The van der Waals surface area contributed by atoms with Crippen LogP contribution in [0.5, 0.6) is 0 Å². The van der Waals surface area contributed by atoms with Crippen LogP contribution in [0.2, 0.25) is 0 Å². The van der Waals surface area contributed by atoms with Crippen LogP contribution in [0, 0.1) is 0 Å². The lowest BCUT2D eigenvalue weighted by atomic mass is 10.1. The Bertz CT molecular complexity index is 648. The van der Waals surface area contributed by atoms with Gasteiger partial charge in [-0.2, -0.15) is 0 Å². The molecule has 5 heteroatoms. The van der Waals surface area contributed by atoms with E-state index in [9.17, 15) is 4.21 Å². The maximum atomic E-state index is 12.3. The normalized spacial score (nSPS) is 20.3. The van der Waals surface area contributed by atoms with Crippen molar-refractivity contribution in [3.63, 3.8) is 0 Å². The maximum absolute atomic E-state index is 12.3. The van der Waals surface area contributed by atoms with Crippen molar-refractivity contribution < 1.29 is 8.95 Å². The molecule has 1 aliphatic rings. The molecule has 1 fully saturated rings. The molecule has 2 atom stereocenters. The topological polar surface area (TPSA) is 29.5 Å². The largest absolute Gasteiger partial charge is 0.371 e. The molecule has 0 radical (unpaired) electrons. The predicted molar refractivity (Wildman–Crippen MR) is 97.0 cm³/mol. The van der Waals surface area contributed by atoms with E-state index in [4.69, 9.17) is 4.74 Å². The van der Waals surface area contributed by atoms with E-state index in [0.717, 1.165) is 35.6 Å². The molecular weight excluding hydrogens is 374 g/mol. The minimum Gasteiger partial charge on any atom is -0.371 e. The second kappa shape index (κ2) is 8.20. The molecule has 2 aromatic carbocycles. The Morgan fingerprint density at radius 1 is 1.13 bits per heavy atom. The molecular formula is C18H20BrNO2S. The van der Waals surface area contributed by atoms with Crippen molar-refractivity contribution in [3.8, 4) is 0 Å². The number of ether oxygens (including phenoxy) is 1. The Morgan fingerprint density at radius 3 is 2.61 bits per heavy atom. The van der Waals surface area contributed by atoms with Gasteiger partial charge in [-0.05, 0) is 29.8 Å². The highest BCUT2D eigenvalue weighted by molar-refractivity contribution is 9.10. The van der Waals surface area contributed by atoms with Gasteiger partial charge < -0.3 is 4.74 Å². The Labute approximate surface area is 148 Å². The summed E-state index contributed by atoms with van der Waals surface area (Å²) < 4.78 is 19.3. The second-order valence-electron chi connectivity index (χ2n) is 5.57. The van der Waals surface area contributed by atoms with Crippen molar-refractivity contribution in [2.75, 3.05) is 32.0 Å². The van der Waals surface area contributed by atoms with E-state index in [1.807, 2.05) is 42.5 Å². The number of hydrogen-bond donors (Lipinski definition) is 0. The smallest absolute Gasteiger partial charge is 0.0952 e. The van der Waals surface area contributed by atoms with Crippen LogP contribution in [0.25, 0.3) is 0 Å². The molecule has 0 amide bonds. The second-order valence-corrected chi connectivity index (χ2v) is 8.06. The molecule has 0 aromatic heterocycles. The Balaban J connectivity index is 1.54. The summed E-state index contributed by atoms with van der Waals surface area (Å²) in [5.41, 5.74) is 1.20. The molecule has 23 heavy (non-hydrogen) atoms. The van der Waals surface area contributed by atoms with Gasteiger partial charge in [-0.15, -0.1) is 0 Å². The number of hydrogen-bond acceptors (Lipinski definition) is 3. The van der Waals surface area contributed by atoms with Crippen molar-refractivity contribution in [2.24, 2.45) is 0 Å². The van der Waals surface area contributed by atoms with Crippen LogP contribution in [0.15, 0.2) is 64.0 Å². The van der Waals surface area contributed by atoms with Gasteiger partial charge in [0.2, 0.25) is 0 Å². The molecule has 0 aliphatic carbocycles. The highest BCUT2D eigenvalue weighted by atomic mass is 79.9. The van der Waals surface area contributed by atoms with Gasteiger partial charge in [-0.1, -0.05) is 46.3 Å². The quantitative estimate of drug-likeness (QED) is 0.776. The van der Waals surface area contributed by atoms with Crippen molar-refractivity contribution in [3.05, 3.63) is 64.6 Å². The van der Waals surface area contributed by atoms with E-state index in [1.165, 1.54) is 5.56 Å². The van der Waals surface area contributed by atoms with E-state index in [2.05, 4.69) is 33.0 Å². The van der Waals surface area contributed by atoms with Crippen molar-refractivity contribution >= 4 is 26.7 Å².